The Labute approximate surface area is 313 Å². The fraction of sp³-hybridized carbons (Fsp3) is 0.878. The predicted octanol–water partition coefficient (Wildman–Crippen LogP) is 4.72. The number of carbonyl (C=O) groups excluding carboxylic acids is 5. The molecule has 0 radical (unpaired) electrons. The Hall–Kier alpha value is -2.57. The zero-order chi connectivity index (χ0) is 38.8. The van der Waals surface area contributed by atoms with E-state index in [9.17, 15) is 34.2 Å². The van der Waals surface area contributed by atoms with E-state index in [-0.39, 0.29) is 59.4 Å². The monoisotopic (exact) mass is 746 g/mol. The van der Waals surface area contributed by atoms with E-state index in [0.717, 1.165) is 72.3 Å². The predicted molar refractivity (Wildman–Crippen MR) is 190 cm³/mol. The molecule has 2 N–H and O–H groups in total. The van der Waals surface area contributed by atoms with Gasteiger partial charge in [0.05, 0.1) is 25.2 Å². The second-order valence-corrected chi connectivity index (χ2v) is 18.1. The van der Waals surface area contributed by atoms with Crippen LogP contribution < -0.4 is 0 Å². The van der Waals surface area contributed by atoms with Gasteiger partial charge in [-0.1, -0.05) is 34.1 Å². The number of fused-ring (bicyclic) bond motifs is 5. The van der Waals surface area contributed by atoms with Crippen molar-refractivity contribution in [2.45, 2.75) is 161 Å². The molecule has 5 unspecified atom stereocenters. The smallest absolute Gasteiger partial charge is 0.339 e. The highest BCUT2D eigenvalue weighted by molar-refractivity contribution is 5.86. The molecule has 12 nitrogen and oxygen atoms in total. The summed E-state index contributed by atoms with van der Waals surface area (Å²) in [4.78, 5) is 63.7. The van der Waals surface area contributed by atoms with Crippen molar-refractivity contribution >= 4 is 29.7 Å². The van der Waals surface area contributed by atoms with Gasteiger partial charge in [-0.3, -0.25) is 19.2 Å². The second kappa shape index (κ2) is 14.8. The van der Waals surface area contributed by atoms with E-state index in [1.807, 2.05) is 0 Å². The highest BCUT2D eigenvalue weighted by Gasteiger charge is 2.74. The van der Waals surface area contributed by atoms with E-state index in [0.29, 0.717) is 30.1 Å². The maximum absolute atomic E-state index is 14.0. The van der Waals surface area contributed by atoms with E-state index in [1.54, 1.807) is 0 Å². The van der Waals surface area contributed by atoms with Gasteiger partial charge in [0.25, 0.3) is 0 Å². The van der Waals surface area contributed by atoms with Crippen LogP contribution in [0, 0.1) is 58.2 Å². The number of aliphatic hydroxyl groups is 2. The molecule has 0 bridgehead atoms. The van der Waals surface area contributed by atoms with Gasteiger partial charge in [-0.05, 0) is 110 Å². The molecule has 1 aliphatic heterocycles. The quantitative estimate of drug-likeness (QED) is 0.233. The van der Waals surface area contributed by atoms with Crippen LogP contribution in [0.5, 0.6) is 0 Å². The molecule has 0 amide bonds. The number of ether oxygens (including phenoxy) is 5. The van der Waals surface area contributed by atoms with Gasteiger partial charge in [0.1, 0.15) is 11.4 Å². The molecule has 6 fully saturated rings. The molecule has 0 aromatic rings. The van der Waals surface area contributed by atoms with Crippen LogP contribution in [0.4, 0.5) is 0 Å². The minimum Gasteiger partial charge on any atom is -0.467 e. The number of ketones is 1. The van der Waals surface area contributed by atoms with Crippen LogP contribution in [0.1, 0.15) is 119 Å². The van der Waals surface area contributed by atoms with E-state index in [2.05, 4.69) is 27.7 Å². The molecule has 6 aliphatic rings. The number of methoxy groups -OCH3 is 1. The van der Waals surface area contributed by atoms with Crippen molar-refractivity contribution in [1.29, 1.82) is 0 Å². The molecule has 1 spiro atoms. The SMILES string of the molecule is CC[C@H]1[C@@H](O)C2C3CC[C@H]([C@H](C)CCC(=O)C4CC45O[C@H](C(=O)OC)[C@@H](OC(C)=O)[C@H](OC(C)=O)[C@H]5OC(C)=O)[C@@]3(C)CCC2[C@@]2(C)CC[C@@H](O)C[C@@H]12. The van der Waals surface area contributed by atoms with Gasteiger partial charge in [-0.25, -0.2) is 4.79 Å². The Balaban J connectivity index is 1.17. The molecule has 5 saturated carbocycles. The van der Waals surface area contributed by atoms with Crippen molar-refractivity contribution in [1.82, 2.24) is 0 Å². The summed E-state index contributed by atoms with van der Waals surface area (Å²) in [6, 6.07) is 0. The number of hydrogen-bond donors (Lipinski definition) is 2. The summed E-state index contributed by atoms with van der Waals surface area (Å²) in [5, 5.41) is 22.7. The third-order valence-electron chi connectivity index (χ3n) is 15.4. The van der Waals surface area contributed by atoms with Gasteiger partial charge < -0.3 is 33.9 Å². The van der Waals surface area contributed by atoms with Crippen LogP contribution in [-0.2, 0) is 47.7 Å². The number of Topliss-reactive ketones (excluding diaryl/α,β-unsaturated/α-hetero) is 1. The highest BCUT2D eigenvalue weighted by atomic mass is 16.7. The minimum atomic E-state index is -1.51. The van der Waals surface area contributed by atoms with E-state index < -0.39 is 59.8 Å². The van der Waals surface area contributed by atoms with Crippen molar-refractivity contribution < 1.29 is 57.9 Å². The Morgan fingerprint density at radius 1 is 0.830 bits per heavy atom. The molecule has 0 aromatic carbocycles. The fourth-order valence-corrected chi connectivity index (χ4v) is 13.0. The number of esters is 4. The average Bonchev–Trinajstić information content (AvgIpc) is 3.70. The van der Waals surface area contributed by atoms with Gasteiger partial charge in [-0.2, -0.15) is 0 Å². The molecule has 1 heterocycles. The molecule has 12 heteroatoms. The van der Waals surface area contributed by atoms with Crippen LogP contribution in [-0.4, -0.2) is 89.2 Å². The zero-order valence-corrected chi connectivity index (χ0v) is 32.8. The lowest BCUT2D eigenvalue weighted by atomic mass is 9.41. The number of carbonyl (C=O) groups is 5. The molecule has 6 rings (SSSR count). The van der Waals surface area contributed by atoms with E-state index >= 15 is 0 Å². The van der Waals surface area contributed by atoms with Crippen LogP contribution in [0.3, 0.4) is 0 Å². The highest BCUT2D eigenvalue weighted by Crippen LogP contribution is 2.69. The zero-order valence-electron chi connectivity index (χ0n) is 32.8. The molecule has 5 aliphatic carbocycles. The molecular weight excluding hydrogens is 684 g/mol. The summed E-state index contributed by atoms with van der Waals surface area (Å²) in [5.41, 5.74) is -1.28. The lowest BCUT2D eigenvalue weighted by molar-refractivity contribution is -0.258. The molecule has 17 atom stereocenters. The third kappa shape index (κ3) is 6.85. The normalized spacial score (nSPS) is 46.2. The van der Waals surface area contributed by atoms with Crippen molar-refractivity contribution in [2.75, 3.05) is 7.11 Å². The van der Waals surface area contributed by atoms with Crippen LogP contribution in [0.15, 0.2) is 0 Å². The van der Waals surface area contributed by atoms with Crippen molar-refractivity contribution in [3.8, 4) is 0 Å². The molecule has 53 heavy (non-hydrogen) atoms. The average molecular weight is 747 g/mol. The summed E-state index contributed by atoms with van der Waals surface area (Å²) in [6.45, 7) is 12.8. The Bertz CT molecular complexity index is 1450. The number of aliphatic hydroxyl groups excluding tert-OH is 2. The lowest BCUT2D eigenvalue weighted by Crippen LogP contribution is -2.65. The first-order chi connectivity index (χ1) is 24.9. The second-order valence-electron chi connectivity index (χ2n) is 18.1. The summed E-state index contributed by atoms with van der Waals surface area (Å²) in [5.74, 6) is -1.69. The van der Waals surface area contributed by atoms with Gasteiger partial charge in [0.2, 0.25) is 0 Å². The summed E-state index contributed by atoms with van der Waals surface area (Å²) < 4.78 is 27.8. The van der Waals surface area contributed by atoms with Crippen molar-refractivity contribution in [3.63, 3.8) is 0 Å². The molecule has 0 aromatic heterocycles. The standard InChI is InChI=1S/C41H62O12/c1-9-25-29-18-24(45)14-16-40(29,7)28-15-17-39(6)26(11-12-27(39)32(28)33(25)47)20(2)10-13-31(46)30-19-41(30)37(52-23(5)44)35(51-22(4)43)34(50-21(3)42)36(53-41)38(48)49-8/h20,24-30,32-37,45,47H,9-19H2,1-8H3/t20-,24-,25-,26-,27?,28?,29+,30?,32?,33-,34+,35+,36+,37-,39-,40-,41?/m1/s1. The topological polar surface area (TPSA) is 172 Å². The first kappa shape index (κ1) is 40.1. The first-order valence-corrected chi connectivity index (χ1v) is 20.1. The Morgan fingerprint density at radius 3 is 2.08 bits per heavy atom. The molecular formula is C41H62O12. The maximum Gasteiger partial charge on any atom is 0.339 e. The van der Waals surface area contributed by atoms with E-state index in [1.165, 1.54) is 6.92 Å². The lowest BCUT2D eigenvalue weighted by Gasteiger charge is -2.64. The van der Waals surface area contributed by atoms with Crippen LogP contribution in [0.25, 0.3) is 0 Å². The maximum atomic E-state index is 14.0. The van der Waals surface area contributed by atoms with Gasteiger partial charge in [0.15, 0.2) is 24.4 Å². The summed E-state index contributed by atoms with van der Waals surface area (Å²) >= 11 is 0. The molecule has 1 saturated heterocycles. The summed E-state index contributed by atoms with van der Waals surface area (Å²) in [6.07, 6.45) is 2.57. The minimum absolute atomic E-state index is 0.0463. The number of hydrogen-bond acceptors (Lipinski definition) is 12. The first-order valence-electron chi connectivity index (χ1n) is 20.1. The van der Waals surface area contributed by atoms with Gasteiger partial charge in [-0.15, -0.1) is 0 Å². The van der Waals surface area contributed by atoms with Crippen molar-refractivity contribution in [2.24, 2.45) is 58.2 Å². The van der Waals surface area contributed by atoms with Crippen LogP contribution in [0.2, 0.25) is 0 Å². The Kier molecular flexibility index (Phi) is 11.2. The molecule has 298 valence electrons. The fourth-order valence-electron chi connectivity index (χ4n) is 13.0. The van der Waals surface area contributed by atoms with E-state index in [4.69, 9.17) is 23.7 Å². The number of rotatable bonds is 10. The van der Waals surface area contributed by atoms with Crippen molar-refractivity contribution in [3.05, 3.63) is 0 Å². The largest absolute Gasteiger partial charge is 0.467 e. The van der Waals surface area contributed by atoms with Gasteiger partial charge >= 0.3 is 23.9 Å². The van der Waals surface area contributed by atoms with Crippen LogP contribution >= 0.6 is 0 Å². The van der Waals surface area contributed by atoms with Gasteiger partial charge in [0, 0.05) is 27.2 Å². The summed E-state index contributed by atoms with van der Waals surface area (Å²) in [7, 11) is 1.15. The Morgan fingerprint density at radius 2 is 1.45 bits per heavy atom. The third-order valence-corrected chi connectivity index (χ3v) is 15.4.